The van der Waals surface area contributed by atoms with E-state index in [0.29, 0.717) is 22.6 Å². The van der Waals surface area contributed by atoms with E-state index in [-0.39, 0.29) is 19.2 Å². The molecule has 1 aliphatic heterocycles. The van der Waals surface area contributed by atoms with Crippen LogP contribution in [0.5, 0.6) is 0 Å². The SMILES string of the molecule is CN(C(=O)N(C)C1CN(C(=O)CS(C)(=O)=O)CC1c1ccc(F)cc1)c1cc(C(F)(F)F)cc(C(F)(F)F)c1. The van der Waals surface area contributed by atoms with Crippen molar-refractivity contribution in [2.75, 3.05) is 44.1 Å². The van der Waals surface area contributed by atoms with Crippen molar-refractivity contribution in [2.45, 2.75) is 24.3 Å². The number of urea groups is 1. The zero-order valence-electron chi connectivity index (χ0n) is 20.8. The zero-order valence-corrected chi connectivity index (χ0v) is 21.7. The standard InChI is InChI=1S/C24H24F7N3O4S/c1-32(18-9-15(23(26,27)28)8-16(10-18)24(29,30)31)22(36)33(2)20-12-34(21(35)13-39(3,37)38)11-19(20)14-4-6-17(25)7-5-14/h4-10,19-20H,11-13H2,1-3H3. The fourth-order valence-corrected chi connectivity index (χ4v) is 4.99. The quantitative estimate of drug-likeness (QED) is 0.490. The monoisotopic (exact) mass is 583 g/mol. The number of carbonyl (C=O) groups excluding carboxylic acids is 2. The summed E-state index contributed by atoms with van der Waals surface area (Å²) in [6.07, 6.45) is -9.37. The van der Waals surface area contributed by atoms with Crippen LogP contribution >= 0.6 is 0 Å². The number of hydrogen-bond acceptors (Lipinski definition) is 4. The molecule has 0 saturated carbocycles. The first-order valence-electron chi connectivity index (χ1n) is 11.3. The first-order valence-corrected chi connectivity index (χ1v) is 13.3. The number of nitrogens with zero attached hydrogens (tertiary/aromatic N) is 3. The minimum atomic E-state index is -5.12. The van der Waals surface area contributed by atoms with Gasteiger partial charge in [0, 0.05) is 45.0 Å². The van der Waals surface area contributed by atoms with Crippen LogP contribution in [-0.2, 0) is 27.0 Å². The van der Waals surface area contributed by atoms with Crippen LogP contribution in [0.4, 0.5) is 41.2 Å². The molecule has 1 saturated heterocycles. The number of benzene rings is 2. The third-order valence-electron chi connectivity index (χ3n) is 6.37. The zero-order chi connectivity index (χ0) is 29.5. The Morgan fingerprint density at radius 1 is 0.923 bits per heavy atom. The Bertz CT molecular complexity index is 1310. The fourth-order valence-electron chi connectivity index (χ4n) is 4.36. The van der Waals surface area contributed by atoms with Gasteiger partial charge in [0.15, 0.2) is 9.84 Å². The highest BCUT2D eigenvalue weighted by Crippen LogP contribution is 2.39. The van der Waals surface area contributed by atoms with Gasteiger partial charge in [0.2, 0.25) is 5.91 Å². The van der Waals surface area contributed by atoms with E-state index < -0.39 is 74.5 Å². The lowest BCUT2D eigenvalue weighted by Crippen LogP contribution is -2.48. The van der Waals surface area contributed by atoms with E-state index >= 15 is 0 Å². The summed E-state index contributed by atoms with van der Waals surface area (Å²) in [4.78, 5) is 28.8. The van der Waals surface area contributed by atoms with Crippen LogP contribution in [-0.4, -0.2) is 75.4 Å². The molecule has 1 aliphatic rings. The van der Waals surface area contributed by atoms with Crippen molar-refractivity contribution in [1.82, 2.24) is 9.80 Å². The van der Waals surface area contributed by atoms with Crippen LogP contribution in [0.15, 0.2) is 42.5 Å². The minimum Gasteiger partial charge on any atom is -0.339 e. The van der Waals surface area contributed by atoms with Gasteiger partial charge in [-0.2, -0.15) is 26.3 Å². The Morgan fingerprint density at radius 3 is 1.90 bits per heavy atom. The van der Waals surface area contributed by atoms with E-state index in [0.717, 1.165) is 30.3 Å². The summed E-state index contributed by atoms with van der Waals surface area (Å²) in [6.45, 7) is -0.239. The molecule has 0 aromatic heterocycles. The summed E-state index contributed by atoms with van der Waals surface area (Å²) in [7, 11) is -1.44. The number of likely N-dealkylation sites (N-methyl/N-ethyl adjacent to an activating group) is 1. The molecule has 39 heavy (non-hydrogen) atoms. The van der Waals surface area contributed by atoms with Crippen LogP contribution in [0.25, 0.3) is 0 Å². The van der Waals surface area contributed by atoms with Gasteiger partial charge in [0.25, 0.3) is 0 Å². The molecule has 2 unspecified atom stereocenters. The Morgan fingerprint density at radius 2 is 1.44 bits per heavy atom. The second kappa shape index (κ2) is 10.7. The van der Waals surface area contributed by atoms with Crippen LogP contribution < -0.4 is 4.90 Å². The molecule has 2 aromatic rings. The normalized spacial score (nSPS) is 18.3. The molecule has 2 atom stereocenters. The summed E-state index contributed by atoms with van der Waals surface area (Å²) in [5, 5.41) is 0. The Kier molecular flexibility index (Phi) is 8.25. The molecule has 0 N–H and O–H groups in total. The number of likely N-dealkylation sites (tertiary alicyclic amines) is 1. The molecular formula is C24H24F7N3O4S. The number of rotatable bonds is 5. The Balaban J connectivity index is 1.97. The number of hydrogen-bond donors (Lipinski definition) is 0. The van der Waals surface area contributed by atoms with Crippen LogP contribution in [0.3, 0.4) is 0 Å². The first-order chi connectivity index (χ1) is 17.8. The second-order valence-electron chi connectivity index (χ2n) is 9.31. The molecular weight excluding hydrogens is 559 g/mol. The van der Waals surface area contributed by atoms with Crippen molar-refractivity contribution in [2.24, 2.45) is 0 Å². The predicted molar refractivity (Wildman–Crippen MR) is 127 cm³/mol. The van der Waals surface area contributed by atoms with Crippen LogP contribution in [0, 0.1) is 5.82 Å². The third kappa shape index (κ3) is 7.19. The summed E-state index contributed by atoms with van der Waals surface area (Å²) >= 11 is 0. The van der Waals surface area contributed by atoms with Crippen molar-refractivity contribution >= 4 is 27.5 Å². The third-order valence-corrected chi connectivity index (χ3v) is 7.14. The van der Waals surface area contributed by atoms with Gasteiger partial charge < -0.3 is 9.80 Å². The van der Waals surface area contributed by atoms with Gasteiger partial charge in [-0.15, -0.1) is 0 Å². The van der Waals surface area contributed by atoms with E-state index in [1.54, 1.807) is 0 Å². The van der Waals surface area contributed by atoms with Crippen molar-refractivity contribution < 1.29 is 48.7 Å². The number of amides is 3. The van der Waals surface area contributed by atoms with Gasteiger partial charge in [-0.1, -0.05) is 12.1 Å². The number of alkyl halides is 6. The largest absolute Gasteiger partial charge is 0.416 e. The summed E-state index contributed by atoms with van der Waals surface area (Å²) < 4.78 is 117. The molecule has 0 bridgehead atoms. The molecule has 214 valence electrons. The number of halogens is 7. The first kappa shape index (κ1) is 30.2. The van der Waals surface area contributed by atoms with E-state index in [9.17, 15) is 48.7 Å². The molecule has 0 spiro atoms. The molecule has 0 radical (unpaired) electrons. The highest BCUT2D eigenvalue weighted by atomic mass is 32.2. The molecule has 7 nitrogen and oxygen atoms in total. The second-order valence-corrected chi connectivity index (χ2v) is 11.5. The molecule has 15 heteroatoms. The Labute approximate surface area is 219 Å². The number of anilines is 1. The van der Waals surface area contributed by atoms with Gasteiger partial charge in [-0.3, -0.25) is 9.69 Å². The maximum absolute atomic E-state index is 13.5. The maximum atomic E-state index is 13.5. The van der Waals surface area contributed by atoms with E-state index in [4.69, 9.17) is 0 Å². The van der Waals surface area contributed by atoms with Crippen molar-refractivity contribution in [3.63, 3.8) is 0 Å². The Hall–Kier alpha value is -3.36. The van der Waals surface area contributed by atoms with E-state index in [1.807, 2.05) is 0 Å². The average molecular weight is 584 g/mol. The lowest BCUT2D eigenvalue weighted by Gasteiger charge is -2.33. The summed E-state index contributed by atoms with van der Waals surface area (Å²) in [5.41, 5.74) is -3.39. The van der Waals surface area contributed by atoms with Crippen LogP contribution in [0.1, 0.15) is 22.6 Å². The molecule has 3 rings (SSSR count). The smallest absolute Gasteiger partial charge is 0.339 e. The summed E-state index contributed by atoms with van der Waals surface area (Å²) in [5.74, 6) is -2.79. The van der Waals surface area contributed by atoms with Gasteiger partial charge in [0.1, 0.15) is 11.6 Å². The van der Waals surface area contributed by atoms with Gasteiger partial charge in [-0.05, 0) is 35.9 Å². The fraction of sp³-hybridized carbons (Fsp3) is 0.417. The number of carbonyl (C=O) groups is 2. The maximum Gasteiger partial charge on any atom is 0.416 e. The lowest BCUT2D eigenvalue weighted by molar-refractivity contribution is -0.143. The lowest BCUT2D eigenvalue weighted by atomic mass is 9.93. The summed E-state index contributed by atoms with van der Waals surface area (Å²) in [6, 6.07) is 4.00. The van der Waals surface area contributed by atoms with E-state index in [2.05, 4.69) is 0 Å². The predicted octanol–water partition coefficient (Wildman–Crippen LogP) is 4.39. The topological polar surface area (TPSA) is 78.0 Å². The highest BCUT2D eigenvalue weighted by molar-refractivity contribution is 7.91. The molecule has 2 aromatic carbocycles. The highest BCUT2D eigenvalue weighted by Gasteiger charge is 2.42. The molecule has 3 amide bonds. The molecule has 1 heterocycles. The minimum absolute atomic E-state index is 0.0572. The molecule has 1 fully saturated rings. The van der Waals surface area contributed by atoms with Crippen LogP contribution in [0.2, 0.25) is 0 Å². The van der Waals surface area contributed by atoms with Gasteiger partial charge >= 0.3 is 18.4 Å². The van der Waals surface area contributed by atoms with Gasteiger partial charge in [0.05, 0.1) is 17.2 Å². The molecule has 0 aliphatic carbocycles. The van der Waals surface area contributed by atoms with Crippen molar-refractivity contribution in [3.05, 3.63) is 65.0 Å². The van der Waals surface area contributed by atoms with Crippen molar-refractivity contribution in [3.8, 4) is 0 Å². The van der Waals surface area contributed by atoms with E-state index in [1.165, 1.54) is 24.1 Å². The number of sulfone groups is 1. The van der Waals surface area contributed by atoms with Gasteiger partial charge in [-0.25, -0.2) is 17.6 Å². The van der Waals surface area contributed by atoms with Crippen molar-refractivity contribution in [1.29, 1.82) is 0 Å². The average Bonchev–Trinajstić information content (AvgIpc) is 3.26.